The van der Waals surface area contributed by atoms with Gasteiger partial charge in [-0.25, -0.2) is 0 Å². The Morgan fingerprint density at radius 1 is 1.42 bits per heavy atom. The van der Waals surface area contributed by atoms with Crippen LogP contribution in [-0.2, 0) is 0 Å². The van der Waals surface area contributed by atoms with Crippen molar-refractivity contribution < 1.29 is 4.74 Å². The molecule has 0 radical (unpaired) electrons. The number of rotatable bonds is 6. The minimum Gasteiger partial charge on any atom is -0.493 e. The molecule has 0 aromatic heterocycles. The van der Waals surface area contributed by atoms with Crippen LogP contribution < -0.4 is 10.5 Å². The van der Waals surface area contributed by atoms with Crippen LogP contribution in [0.25, 0.3) is 0 Å². The lowest BCUT2D eigenvalue weighted by molar-refractivity contribution is 0.251. The third-order valence-electron chi connectivity index (χ3n) is 3.48. The van der Waals surface area contributed by atoms with E-state index in [4.69, 9.17) is 22.7 Å². The quantitative estimate of drug-likeness (QED) is 0.635. The van der Waals surface area contributed by atoms with Crippen LogP contribution in [0.4, 0.5) is 0 Å². The van der Waals surface area contributed by atoms with Gasteiger partial charge in [-0.3, -0.25) is 0 Å². The number of thioether (sulfide) groups is 1. The van der Waals surface area contributed by atoms with E-state index in [1.54, 1.807) is 11.8 Å². The molecule has 0 atom stereocenters. The van der Waals surface area contributed by atoms with Gasteiger partial charge in [0.25, 0.3) is 0 Å². The second kappa shape index (κ2) is 7.15. The van der Waals surface area contributed by atoms with Gasteiger partial charge in [-0.1, -0.05) is 38.0 Å². The van der Waals surface area contributed by atoms with Crippen molar-refractivity contribution in [2.75, 3.05) is 12.4 Å². The Bertz CT molecular complexity index is 442. The smallest absolute Gasteiger partial charge is 0.130 e. The predicted molar refractivity (Wildman–Crippen MR) is 86.2 cm³/mol. The lowest BCUT2D eigenvalue weighted by Crippen LogP contribution is -2.15. The number of ether oxygens (including phenoxy) is 1. The van der Waals surface area contributed by atoms with E-state index >= 15 is 0 Å². The number of thiocarbonyl (C=S) groups is 1. The molecule has 1 aliphatic rings. The Morgan fingerprint density at radius 2 is 2.16 bits per heavy atom. The summed E-state index contributed by atoms with van der Waals surface area (Å²) in [6.45, 7) is 2.91. The van der Waals surface area contributed by atoms with Crippen LogP contribution >= 0.6 is 24.0 Å². The van der Waals surface area contributed by atoms with Crippen molar-refractivity contribution in [1.82, 2.24) is 0 Å². The molecule has 4 heteroatoms. The van der Waals surface area contributed by atoms with Crippen molar-refractivity contribution in [2.24, 2.45) is 11.7 Å². The van der Waals surface area contributed by atoms with Gasteiger partial charge in [-0.2, -0.15) is 0 Å². The Morgan fingerprint density at radius 3 is 2.79 bits per heavy atom. The SMILES string of the molecule is CCSc1cccc(OCC2CCCC2)c1C(N)=S. The summed E-state index contributed by atoms with van der Waals surface area (Å²) in [4.78, 5) is 1.55. The molecule has 0 unspecified atom stereocenters. The number of nitrogens with two attached hydrogens (primary N) is 1. The van der Waals surface area contributed by atoms with Crippen molar-refractivity contribution in [3.63, 3.8) is 0 Å². The first-order valence-electron chi connectivity index (χ1n) is 6.90. The second-order valence-electron chi connectivity index (χ2n) is 4.89. The van der Waals surface area contributed by atoms with Gasteiger partial charge in [0.15, 0.2) is 0 Å². The molecule has 1 aliphatic carbocycles. The summed E-state index contributed by atoms with van der Waals surface area (Å²) in [5.74, 6) is 2.54. The summed E-state index contributed by atoms with van der Waals surface area (Å²) in [5, 5.41) is 0. The van der Waals surface area contributed by atoms with Crippen LogP contribution in [0.2, 0.25) is 0 Å². The summed E-state index contributed by atoms with van der Waals surface area (Å²) in [5.41, 5.74) is 6.77. The summed E-state index contributed by atoms with van der Waals surface area (Å²) < 4.78 is 5.99. The van der Waals surface area contributed by atoms with Crippen molar-refractivity contribution >= 4 is 29.0 Å². The normalized spacial score (nSPS) is 15.6. The maximum Gasteiger partial charge on any atom is 0.130 e. The molecule has 1 aromatic carbocycles. The molecule has 0 saturated heterocycles. The molecular formula is C15H21NOS2. The Hall–Kier alpha value is -0.740. The lowest BCUT2D eigenvalue weighted by Gasteiger charge is -2.16. The molecular weight excluding hydrogens is 274 g/mol. The topological polar surface area (TPSA) is 35.2 Å². The monoisotopic (exact) mass is 295 g/mol. The predicted octanol–water partition coefficient (Wildman–Crippen LogP) is 4.00. The van der Waals surface area contributed by atoms with E-state index in [0.717, 1.165) is 28.6 Å². The highest BCUT2D eigenvalue weighted by atomic mass is 32.2. The zero-order valence-electron chi connectivity index (χ0n) is 11.4. The second-order valence-corrected chi connectivity index (χ2v) is 6.63. The van der Waals surface area contributed by atoms with E-state index in [0.29, 0.717) is 10.9 Å². The average molecular weight is 295 g/mol. The van der Waals surface area contributed by atoms with Crippen molar-refractivity contribution in [3.05, 3.63) is 23.8 Å². The third-order valence-corrected chi connectivity index (χ3v) is 4.63. The van der Waals surface area contributed by atoms with Crippen LogP contribution in [0, 0.1) is 5.92 Å². The molecule has 0 amide bonds. The fourth-order valence-electron chi connectivity index (χ4n) is 2.53. The zero-order valence-corrected chi connectivity index (χ0v) is 13.0. The highest BCUT2D eigenvalue weighted by Crippen LogP contribution is 2.31. The fraction of sp³-hybridized carbons (Fsp3) is 0.533. The molecule has 2 nitrogen and oxygen atoms in total. The van der Waals surface area contributed by atoms with Gasteiger partial charge in [-0.05, 0) is 36.6 Å². The van der Waals surface area contributed by atoms with Gasteiger partial charge < -0.3 is 10.5 Å². The highest BCUT2D eigenvalue weighted by Gasteiger charge is 2.18. The number of hydrogen-bond acceptors (Lipinski definition) is 3. The van der Waals surface area contributed by atoms with Crippen LogP contribution in [0.5, 0.6) is 5.75 Å². The molecule has 0 heterocycles. The van der Waals surface area contributed by atoms with E-state index in [2.05, 4.69) is 13.0 Å². The molecule has 0 aliphatic heterocycles. The molecule has 1 aromatic rings. The van der Waals surface area contributed by atoms with Gasteiger partial charge in [0.05, 0.1) is 12.2 Å². The van der Waals surface area contributed by atoms with Gasteiger partial charge in [0.1, 0.15) is 10.7 Å². The van der Waals surface area contributed by atoms with E-state index < -0.39 is 0 Å². The van der Waals surface area contributed by atoms with E-state index in [1.165, 1.54) is 25.7 Å². The van der Waals surface area contributed by atoms with Crippen molar-refractivity contribution in [2.45, 2.75) is 37.5 Å². The zero-order chi connectivity index (χ0) is 13.7. The molecule has 19 heavy (non-hydrogen) atoms. The standard InChI is InChI=1S/C15H21NOS2/c1-2-19-13-9-5-8-12(14(13)15(16)18)17-10-11-6-3-4-7-11/h5,8-9,11H,2-4,6-7,10H2,1H3,(H2,16,18). The summed E-state index contributed by atoms with van der Waals surface area (Å²) >= 11 is 6.94. The van der Waals surface area contributed by atoms with Crippen LogP contribution in [0.3, 0.4) is 0 Å². The minimum atomic E-state index is 0.429. The highest BCUT2D eigenvalue weighted by molar-refractivity contribution is 7.99. The lowest BCUT2D eigenvalue weighted by atomic mass is 10.1. The van der Waals surface area contributed by atoms with Gasteiger partial charge in [-0.15, -0.1) is 11.8 Å². The molecule has 1 fully saturated rings. The van der Waals surface area contributed by atoms with Gasteiger partial charge >= 0.3 is 0 Å². The summed E-state index contributed by atoms with van der Waals surface area (Å²) in [7, 11) is 0. The van der Waals surface area contributed by atoms with E-state index in [-0.39, 0.29) is 0 Å². The van der Waals surface area contributed by atoms with E-state index in [9.17, 15) is 0 Å². The minimum absolute atomic E-state index is 0.429. The van der Waals surface area contributed by atoms with E-state index in [1.807, 2.05) is 12.1 Å². The third kappa shape index (κ3) is 3.86. The summed E-state index contributed by atoms with van der Waals surface area (Å²) in [6.07, 6.45) is 5.24. The first-order valence-corrected chi connectivity index (χ1v) is 8.30. The molecule has 2 N–H and O–H groups in total. The first kappa shape index (κ1) is 14.7. The van der Waals surface area contributed by atoms with Crippen molar-refractivity contribution in [3.8, 4) is 5.75 Å². The Labute approximate surface area is 125 Å². The van der Waals surface area contributed by atoms with Crippen LogP contribution in [-0.4, -0.2) is 17.3 Å². The molecule has 1 saturated carbocycles. The fourth-order valence-corrected chi connectivity index (χ4v) is 3.65. The van der Waals surface area contributed by atoms with Crippen LogP contribution in [0.1, 0.15) is 38.2 Å². The molecule has 0 bridgehead atoms. The van der Waals surface area contributed by atoms with Crippen LogP contribution in [0.15, 0.2) is 23.1 Å². The Balaban J connectivity index is 2.13. The average Bonchev–Trinajstić information content (AvgIpc) is 2.89. The largest absolute Gasteiger partial charge is 0.493 e. The number of benzene rings is 1. The molecule has 2 rings (SSSR count). The first-order chi connectivity index (χ1) is 9.22. The maximum absolute atomic E-state index is 5.99. The molecule has 104 valence electrons. The van der Waals surface area contributed by atoms with Gasteiger partial charge in [0, 0.05) is 4.90 Å². The number of hydrogen-bond donors (Lipinski definition) is 1. The van der Waals surface area contributed by atoms with Gasteiger partial charge in [0.2, 0.25) is 0 Å². The Kier molecular flexibility index (Phi) is 5.52. The molecule has 0 spiro atoms. The summed E-state index contributed by atoms with van der Waals surface area (Å²) in [6, 6.07) is 6.05. The van der Waals surface area contributed by atoms with Crippen molar-refractivity contribution in [1.29, 1.82) is 0 Å². The maximum atomic E-state index is 5.99.